The van der Waals surface area contributed by atoms with Gasteiger partial charge in [-0.2, -0.15) is 0 Å². The number of carbonyl (C=O) groups is 2. The summed E-state index contributed by atoms with van der Waals surface area (Å²) in [4.78, 5) is 33.6. The van der Waals surface area contributed by atoms with Gasteiger partial charge in [-0.15, -0.1) is 0 Å². The molecule has 1 aliphatic carbocycles. The highest BCUT2D eigenvalue weighted by Crippen LogP contribution is 2.29. The fourth-order valence-electron chi connectivity index (χ4n) is 2.46. The Hall–Kier alpha value is -1.98. The predicted molar refractivity (Wildman–Crippen MR) is 71.8 cm³/mol. The summed E-state index contributed by atoms with van der Waals surface area (Å²) in [6, 6.07) is 0.203. The predicted octanol–water partition coefficient (Wildman–Crippen LogP) is 0.607. The van der Waals surface area contributed by atoms with Crippen molar-refractivity contribution in [1.82, 2.24) is 20.2 Å². The van der Waals surface area contributed by atoms with Gasteiger partial charge in [-0.1, -0.05) is 0 Å². The van der Waals surface area contributed by atoms with Crippen LogP contribution < -0.4 is 5.32 Å². The molecule has 106 valence electrons. The van der Waals surface area contributed by atoms with Crippen LogP contribution >= 0.6 is 0 Å². The zero-order chi connectivity index (χ0) is 13.9. The normalized spacial score (nSPS) is 19.7. The lowest BCUT2D eigenvalue weighted by molar-refractivity contribution is -0.123. The van der Waals surface area contributed by atoms with E-state index >= 15 is 0 Å². The third-order valence-electron chi connectivity index (χ3n) is 3.86. The highest BCUT2D eigenvalue weighted by molar-refractivity contribution is 5.92. The SMILES string of the molecule is O=C(NC1CCN(C(=O)c2cnccn2)CC1)C1CC1. The van der Waals surface area contributed by atoms with Gasteiger partial charge in [0.05, 0.1) is 6.20 Å². The lowest BCUT2D eigenvalue weighted by Gasteiger charge is -2.32. The molecule has 0 spiro atoms. The minimum atomic E-state index is -0.0786. The monoisotopic (exact) mass is 274 g/mol. The maximum absolute atomic E-state index is 12.2. The second-order valence-electron chi connectivity index (χ2n) is 5.44. The van der Waals surface area contributed by atoms with Crippen molar-refractivity contribution in [3.63, 3.8) is 0 Å². The molecule has 1 saturated heterocycles. The van der Waals surface area contributed by atoms with Gasteiger partial charge in [-0.05, 0) is 25.7 Å². The number of aromatic nitrogens is 2. The van der Waals surface area contributed by atoms with E-state index in [-0.39, 0.29) is 23.8 Å². The van der Waals surface area contributed by atoms with Gasteiger partial charge < -0.3 is 10.2 Å². The third-order valence-corrected chi connectivity index (χ3v) is 3.86. The maximum atomic E-state index is 12.2. The largest absolute Gasteiger partial charge is 0.353 e. The van der Waals surface area contributed by atoms with Gasteiger partial charge in [0.15, 0.2) is 0 Å². The molecule has 1 aliphatic heterocycles. The van der Waals surface area contributed by atoms with Crippen LogP contribution in [0.4, 0.5) is 0 Å². The van der Waals surface area contributed by atoms with Crippen molar-refractivity contribution in [2.24, 2.45) is 5.92 Å². The Balaban J connectivity index is 1.50. The van der Waals surface area contributed by atoms with Gasteiger partial charge >= 0.3 is 0 Å². The molecule has 1 saturated carbocycles. The molecule has 6 heteroatoms. The van der Waals surface area contributed by atoms with Gasteiger partial charge in [-0.3, -0.25) is 14.6 Å². The highest BCUT2D eigenvalue weighted by atomic mass is 16.2. The minimum Gasteiger partial charge on any atom is -0.353 e. The molecule has 2 heterocycles. The second kappa shape index (κ2) is 5.56. The molecule has 1 aromatic rings. The van der Waals surface area contributed by atoms with Crippen molar-refractivity contribution < 1.29 is 9.59 Å². The van der Waals surface area contributed by atoms with E-state index in [1.54, 1.807) is 11.1 Å². The number of piperidine rings is 1. The number of likely N-dealkylation sites (tertiary alicyclic amines) is 1. The lowest BCUT2D eigenvalue weighted by Crippen LogP contribution is -2.47. The zero-order valence-corrected chi connectivity index (χ0v) is 11.3. The van der Waals surface area contributed by atoms with E-state index in [0.717, 1.165) is 25.7 Å². The number of nitrogens with zero attached hydrogens (tertiary/aromatic N) is 3. The molecule has 0 radical (unpaired) electrons. The first-order chi connectivity index (χ1) is 9.74. The molecule has 2 aliphatic rings. The van der Waals surface area contributed by atoms with E-state index < -0.39 is 0 Å². The molecule has 3 rings (SSSR count). The Labute approximate surface area is 117 Å². The number of rotatable bonds is 3. The zero-order valence-electron chi connectivity index (χ0n) is 11.3. The van der Waals surface area contributed by atoms with Crippen molar-refractivity contribution >= 4 is 11.8 Å². The van der Waals surface area contributed by atoms with Gasteiger partial charge in [0.25, 0.3) is 5.91 Å². The van der Waals surface area contributed by atoms with Crippen LogP contribution in [0.15, 0.2) is 18.6 Å². The molecule has 2 amide bonds. The molecule has 0 atom stereocenters. The van der Waals surface area contributed by atoms with Crippen LogP contribution in [-0.2, 0) is 4.79 Å². The Morgan fingerprint density at radius 2 is 1.90 bits per heavy atom. The first-order valence-electron chi connectivity index (χ1n) is 7.09. The Morgan fingerprint density at radius 1 is 1.15 bits per heavy atom. The van der Waals surface area contributed by atoms with Crippen molar-refractivity contribution in [2.75, 3.05) is 13.1 Å². The number of amides is 2. The van der Waals surface area contributed by atoms with E-state index in [0.29, 0.717) is 18.8 Å². The summed E-state index contributed by atoms with van der Waals surface area (Å²) in [5.74, 6) is 0.350. The van der Waals surface area contributed by atoms with Gasteiger partial charge in [0, 0.05) is 37.4 Å². The fraction of sp³-hybridized carbons (Fsp3) is 0.571. The van der Waals surface area contributed by atoms with Gasteiger partial charge in [0.2, 0.25) is 5.91 Å². The lowest BCUT2D eigenvalue weighted by atomic mass is 10.0. The Kier molecular flexibility index (Phi) is 3.62. The number of hydrogen-bond acceptors (Lipinski definition) is 4. The van der Waals surface area contributed by atoms with Crippen molar-refractivity contribution in [1.29, 1.82) is 0 Å². The van der Waals surface area contributed by atoms with Crippen molar-refractivity contribution in [3.8, 4) is 0 Å². The first kappa shape index (κ1) is 13.0. The highest BCUT2D eigenvalue weighted by Gasteiger charge is 2.32. The average molecular weight is 274 g/mol. The van der Waals surface area contributed by atoms with E-state index in [9.17, 15) is 9.59 Å². The molecule has 1 N–H and O–H groups in total. The average Bonchev–Trinajstić information content (AvgIpc) is 3.33. The van der Waals surface area contributed by atoms with Crippen LogP contribution in [0, 0.1) is 5.92 Å². The van der Waals surface area contributed by atoms with E-state index in [1.807, 2.05) is 0 Å². The molecule has 0 bridgehead atoms. The molecule has 0 unspecified atom stereocenters. The van der Waals surface area contributed by atoms with Crippen LogP contribution in [0.2, 0.25) is 0 Å². The number of carbonyl (C=O) groups excluding carboxylic acids is 2. The second-order valence-corrected chi connectivity index (χ2v) is 5.44. The standard InChI is InChI=1S/C14H18N4O2/c19-13(10-1-2-10)17-11-3-7-18(8-4-11)14(20)12-9-15-5-6-16-12/h5-6,9-11H,1-4,7-8H2,(H,17,19). The van der Waals surface area contributed by atoms with Crippen molar-refractivity contribution in [2.45, 2.75) is 31.7 Å². The van der Waals surface area contributed by atoms with Crippen LogP contribution in [0.5, 0.6) is 0 Å². The number of hydrogen-bond donors (Lipinski definition) is 1. The molecule has 2 fully saturated rings. The first-order valence-corrected chi connectivity index (χ1v) is 7.09. The molecule has 20 heavy (non-hydrogen) atoms. The van der Waals surface area contributed by atoms with E-state index in [1.165, 1.54) is 12.4 Å². The Morgan fingerprint density at radius 3 is 2.50 bits per heavy atom. The number of nitrogens with one attached hydrogen (secondary N) is 1. The van der Waals surface area contributed by atoms with Crippen LogP contribution in [0.1, 0.15) is 36.2 Å². The van der Waals surface area contributed by atoms with E-state index in [4.69, 9.17) is 0 Å². The summed E-state index contributed by atoms with van der Waals surface area (Å²) in [5, 5.41) is 3.08. The molecular formula is C14H18N4O2. The van der Waals surface area contributed by atoms with Crippen LogP contribution in [-0.4, -0.2) is 45.8 Å². The third kappa shape index (κ3) is 2.95. The van der Waals surface area contributed by atoms with Gasteiger partial charge in [0.1, 0.15) is 5.69 Å². The molecule has 6 nitrogen and oxygen atoms in total. The molecular weight excluding hydrogens is 256 g/mol. The van der Waals surface area contributed by atoms with Crippen LogP contribution in [0.3, 0.4) is 0 Å². The maximum Gasteiger partial charge on any atom is 0.274 e. The van der Waals surface area contributed by atoms with Crippen molar-refractivity contribution in [3.05, 3.63) is 24.3 Å². The topological polar surface area (TPSA) is 75.2 Å². The molecule has 1 aromatic heterocycles. The summed E-state index contributed by atoms with van der Waals surface area (Å²) >= 11 is 0. The van der Waals surface area contributed by atoms with Gasteiger partial charge in [-0.25, -0.2) is 4.98 Å². The minimum absolute atomic E-state index is 0.0786. The quantitative estimate of drug-likeness (QED) is 0.876. The fourth-order valence-corrected chi connectivity index (χ4v) is 2.46. The summed E-state index contributed by atoms with van der Waals surface area (Å²) in [6.07, 6.45) is 8.23. The summed E-state index contributed by atoms with van der Waals surface area (Å²) in [5.41, 5.74) is 0.382. The summed E-state index contributed by atoms with van der Waals surface area (Å²) in [7, 11) is 0. The summed E-state index contributed by atoms with van der Waals surface area (Å²) in [6.45, 7) is 1.32. The summed E-state index contributed by atoms with van der Waals surface area (Å²) < 4.78 is 0. The van der Waals surface area contributed by atoms with Crippen LogP contribution in [0.25, 0.3) is 0 Å². The van der Waals surface area contributed by atoms with E-state index in [2.05, 4.69) is 15.3 Å². The molecule has 0 aromatic carbocycles. The smallest absolute Gasteiger partial charge is 0.274 e. The Bertz CT molecular complexity index is 493.